The summed E-state index contributed by atoms with van der Waals surface area (Å²) in [6.07, 6.45) is 3.11. The molecule has 1 aromatic carbocycles. The Morgan fingerprint density at radius 3 is 2.71 bits per heavy atom. The van der Waals surface area contributed by atoms with Crippen LogP contribution in [0.25, 0.3) is 0 Å². The van der Waals surface area contributed by atoms with E-state index in [0.717, 1.165) is 10.5 Å². The number of aromatic hydroxyl groups is 2. The zero-order valence-electron chi connectivity index (χ0n) is 13.4. The second-order valence-corrected chi connectivity index (χ2v) is 6.10. The van der Waals surface area contributed by atoms with Crippen LogP contribution in [0.5, 0.6) is 11.6 Å². The molecule has 0 saturated carbocycles. The number of carbonyl (C=O) groups excluding carboxylic acids is 1. The Morgan fingerprint density at radius 1 is 1.38 bits per heavy atom. The second kappa shape index (κ2) is 7.59. The number of rotatable bonds is 6. The fraction of sp³-hybridized carbons (Fsp3) is 0.312. The minimum absolute atomic E-state index is 0.0590. The fourth-order valence-corrected chi connectivity index (χ4v) is 2.98. The highest BCUT2D eigenvalue weighted by molar-refractivity contribution is 7.98. The Labute approximate surface area is 143 Å². The van der Waals surface area contributed by atoms with Gasteiger partial charge in [0.15, 0.2) is 5.75 Å². The van der Waals surface area contributed by atoms with Crippen LogP contribution >= 0.6 is 11.8 Å². The number of nitrogens with zero attached hydrogens (tertiary/aromatic N) is 2. The number of benzene rings is 1. The predicted octanol–water partition coefficient (Wildman–Crippen LogP) is 2.02. The molecule has 24 heavy (non-hydrogen) atoms. The second-order valence-electron chi connectivity index (χ2n) is 5.25. The molecular weight excluding hydrogens is 335 g/mol. The number of amides is 1. The maximum Gasteiger partial charge on any atom is 0.259 e. The smallest absolute Gasteiger partial charge is 0.259 e. The molecule has 0 radical (unpaired) electrons. The van der Waals surface area contributed by atoms with Crippen LogP contribution in [0, 0.1) is 5.82 Å². The first kappa shape index (κ1) is 18.2. The molecule has 6 nitrogen and oxygen atoms in total. The van der Waals surface area contributed by atoms with Crippen molar-refractivity contribution in [3.05, 3.63) is 41.3 Å². The number of aliphatic hydroxyl groups excluding tert-OH is 1. The Kier molecular flexibility index (Phi) is 5.74. The molecule has 2 aromatic rings. The van der Waals surface area contributed by atoms with E-state index in [2.05, 4.69) is 0 Å². The minimum Gasteiger partial charge on any atom is -0.503 e. The van der Waals surface area contributed by atoms with Gasteiger partial charge >= 0.3 is 0 Å². The summed E-state index contributed by atoms with van der Waals surface area (Å²) in [6, 6.07) is 4.34. The number of halogens is 1. The average Bonchev–Trinajstić information content (AvgIpc) is 2.84. The third kappa shape index (κ3) is 3.65. The van der Waals surface area contributed by atoms with E-state index in [1.165, 1.54) is 39.6 Å². The van der Waals surface area contributed by atoms with E-state index in [9.17, 15) is 19.4 Å². The summed E-state index contributed by atoms with van der Waals surface area (Å²) in [5.74, 6) is -1.83. The van der Waals surface area contributed by atoms with Crippen LogP contribution in [0.3, 0.4) is 0 Å². The van der Waals surface area contributed by atoms with Gasteiger partial charge in [0.1, 0.15) is 11.4 Å². The lowest BCUT2D eigenvalue weighted by atomic mass is 10.2. The molecule has 0 aliphatic carbocycles. The Morgan fingerprint density at radius 2 is 2.08 bits per heavy atom. The Balaban J connectivity index is 2.23. The van der Waals surface area contributed by atoms with E-state index in [1.54, 1.807) is 13.1 Å². The van der Waals surface area contributed by atoms with Crippen LogP contribution in [0.2, 0.25) is 0 Å². The third-order valence-electron chi connectivity index (χ3n) is 3.60. The summed E-state index contributed by atoms with van der Waals surface area (Å²) >= 11 is 1.38. The van der Waals surface area contributed by atoms with E-state index in [-0.39, 0.29) is 31.1 Å². The normalized spacial score (nSPS) is 10.8. The maximum atomic E-state index is 13.3. The zero-order valence-corrected chi connectivity index (χ0v) is 14.2. The van der Waals surface area contributed by atoms with Crippen LogP contribution in [-0.4, -0.2) is 50.6 Å². The van der Waals surface area contributed by atoms with Crippen LogP contribution in [0.4, 0.5) is 4.39 Å². The first-order valence-electron chi connectivity index (χ1n) is 7.18. The fourth-order valence-electron chi connectivity index (χ4n) is 2.35. The van der Waals surface area contributed by atoms with Crippen LogP contribution in [0.1, 0.15) is 15.9 Å². The van der Waals surface area contributed by atoms with Crippen LogP contribution in [-0.2, 0) is 13.1 Å². The van der Waals surface area contributed by atoms with E-state index < -0.39 is 17.5 Å². The number of hydrogen-bond acceptors (Lipinski definition) is 5. The third-order valence-corrected chi connectivity index (χ3v) is 4.42. The monoisotopic (exact) mass is 354 g/mol. The first-order valence-corrected chi connectivity index (χ1v) is 8.41. The molecule has 0 aliphatic rings. The van der Waals surface area contributed by atoms with Crippen molar-refractivity contribution in [2.75, 3.05) is 19.9 Å². The van der Waals surface area contributed by atoms with Crippen LogP contribution in [0.15, 0.2) is 29.3 Å². The van der Waals surface area contributed by atoms with E-state index in [0.29, 0.717) is 0 Å². The molecule has 0 fully saturated rings. The van der Waals surface area contributed by atoms with Gasteiger partial charge in [0.25, 0.3) is 5.91 Å². The molecule has 0 unspecified atom stereocenters. The lowest BCUT2D eigenvalue weighted by molar-refractivity contribution is 0.0781. The van der Waals surface area contributed by atoms with Gasteiger partial charge in [-0.05, 0) is 24.0 Å². The van der Waals surface area contributed by atoms with Crippen molar-refractivity contribution in [3.63, 3.8) is 0 Å². The highest BCUT2D eigenvalue weighted by Gasteiger charge is 2.23. The molecule has 2 rings (SSSR count). The molecule has 0 aliphatic heterocycles. The van der Waals surface area contributed by atoms with E-state index in [4.69, 9.17) is 5.11 Å². The molecule has 1 heterocycles. The molecule has 1 aromatic heterocycles. The highest BCUT2D eigenvalue weighted by atomic mass is 32.2. The number of hydrogen-bond donors (Lipinski definition) is 3. The summed E-state index contributed by atoms with van der Waals surface area (Å²) in [5.41, 5.74) is 0.717. The molecule has 0 spiro atoms. The number of aromatic nitrogens is 1. The van der Waals surface area contributed by atoms with Gasteiger partial charge in [0.05, 0.1) is 6.61 Å². The van der Waals surface area contributed by atoms with Gasteiger partial charge in [-0.3, -0.25) is 4.79 Å². The summed E-state index contributed by atoms with van der Waals surface area (Å²) in [6.45, 7) is 0.0451. The lowest BCUT2D eigenvalue weighted by Gasteiger charge is -2.18. The van der Waals surface area contributed by atoms with Crippen molar-refractivity contribution in [2.45, 2.75) is 18.0 Å². The van der Waals surface area contributed by atoms with Gasteiger partial charge in [-0.2, -0.15) is 0 Å². The predicted molar refractivity (Wildman–Crippen MR) is 88.8 cm³/mol. The van der Waals surface area contributed by atoms with Gasteiger partial charge in [-0.15, -0.1) is 11.8 Å². The summed E-state index contributed by atoms with van der Waals surface area (Å²) in [5, 5.41) is 28.6. The van der Waals surface area contributed by atoms with Crippen molar-refractivity contribution in [3.8, 4) is 11.6 Å². The summed E-state index contributed by atoms with van der Waals surface area (Å²) in [4.78, 5) is 14.6. The summed E-state index contributed by atoms with van der Waals surface area (Å²) in [7, 11) is 1.55. The Bertz CT molecular complexity index is 748. The molecule has 3 N–H and O–H groups in total. The van der Waals surface area contributed by atoms with Gasteiger partial charge < -0.3 is 24.8 Å². The SMILES string of the molecule is CSc1cc(F)ccc1CN(C)C(=O)c1cn(CCO)c(O)c1O. The molecular formula is C16H19FN2O4S. The summed E-state index contributed by atoms with van der Waals surface area (Å²) < 4.78 is 14.5. The quantitative estimate of drug-likeness (QED) is 0.691. The van der Waals surface area contributed by atoms with Gasteiger partial charge in [-0.25, -0.2) is 4.39 Å². The van der Waals surface area contributed by atoms with Gasteiger partial charge in [0, 0.05) is 31.2 Å². The average molecular weight is 354 g/mol. The molecule has 0 saturated heterocycles. The Hall–Kier alpha value is -2.19. The number of carbonyl (C=O) groups is 1. The molecule has 0 atom stereocenters. The van der Waals surface area contributed by atoms with Crippen molar-refractivity contribution < 1.29 is 24.5 Å². The van der Waals surface area contributed by atoms with Crippen molar-refractivity contribution in [1.29, 1.82) is 0 Å². The molecule has 8 heteroatoms. The van der Waals surface area contributed by atoms with E-state index in [1.807, 2.05) is 6.26 Å². The van der Waals surface area contributed by atoms with Gasteiger partial charge in [-0.1, -0.05) is 6.07 Å². The molecule has 130 valence electrons. The van der Waals surface area contributed by atoms with Crippen molar-refractivity contribution in [1.82, 2.24) is 9.47 Å². The largest absolute Gasteiger partial charge is 0.503 e. The minimum atomic E-state index is -0.524. The number of thioether (sulfide) groups is 1. The van der Waals surface area contributed by atoms with Gasteiger partial charge in [0.2, 0.25) is 5.88 Å². The van der Waals surface area contributed by atoms with Crippen molar-refractivity contribution in [2.24, 2.45) is 0 Å². The number of aliphatic hydroxyl groups is 1. The van der Waals surface area contributed by atoms with Crippen molar-refractivity contribution >= 4 is 17.7 Å². The van der Waals surface area contributed by atoms with E-state index >= 15 is 0 Å². The lowest BCUT2D eigenvalue weighted by Crippen LogP contribution is -2.26. The maximum absolute atomic E-state index is 13.3. The standard InChI is InChI=1S/C16H19FN2O4S/c1-18(8-10-3-4-11(17)7-13(10)24-2)15(22)12-9-19(5-6-20)16(23)14(12)21/h3-4,7,9,20-21,23H,5-6,8H2,1-2H3. The zero-order chi connectivity index (χ0) is 17.9. The van der Waals surface area contributed by atoms with Crippen LogP contribution < -0.4 is 0 Å². The first-order chi connectivity index (χ1) is 11.4. The topological polar surface area (TPSA) is 85.9 Å². The highest BCUT2D eigenvalue weighted by Crippen LogP contribution is 2.32. The molecule has 1 amide bonds. The molecule has 0 bridgehead atoms.